The Morgan fingerprint density at radius 2 is 1.91 bits per heavy atom. The van der Waals surface area contributed by atoms with Crippen LogP contribution in [0.3, 0.4) is 0 Å². The third kappa shape index (κ3) is 12.6. The average molecular weight is 161 g/mol. The van der Waals surface area contributed by atoms with Gasteiger partial charge in [-0.15, -0.1) is 0 Å². The van der Waals surface area contributed by atoms with Crippen LogP contribution >= 0.6 is 0 Å². The summed E-state index contributed by atoms with van der Waals surface area (Å²) in [4.78, 5) is 10.6. The summed E-state index contributed by atoms with van der Waals surface area (Å²) >= 11 is 0. The summed E-state index contributed by atoms with van der Waals surface area (Å²) < 4.78 is 0. The van der Waals surface area contributed by atoms with Crippen molar-refractivity contribution in [2.24, 2.45) is 0 Å². The van der Waals surface area contributed by atoms with Crippen molar-refractivity contribution < 1.29 is 6.22 Å². The van der Waals surface area contributed by atoms with E-state index in [1.54, 1.807) is 0 Å². The van der Waals surface area contributed by atoms with Gasteiger partial charge in [0.05, 0.1) is 0 Å². The standard InChI is InChI=1S/C7H15NO.C2H6.H2/c1-3-5-6-8-7(9)4-2;1-2;/h3-6H2,1-2H3,(H,8,9);1-2H3;1H. The molecule has 0 aliphatic rings. The monoisotopic (exact) mass is 161 g/mol. The van der Waals surface area contributed by atoms with E-state index in [1.165, 1.54) is 0 Å². The normalized spacial score (nSPS) is 8.00. The van der Waals surface area contributed by atoms with E-state index in [0.717, 1.165) is 19.4 Å². The van der Waals surface area contributed by atoms with E-state index in [1.807, 2.05) is 20.8 Å². The maximum atomic E-state index is 10.6. The quantitative estimate of drug-likeness (QED) is 0.631. The van der Waals surface area contributed by atoms with Gasteiger partial charge in [0.1, 0.15) is 0 Å². The fourth-order valence-corrected chi connectivity index (χ4v) is 0.530. The van der Waals surface area contributed by atoms with Crippen molar-refractivity contribution in [3.63, 3.8) is 0 Å². The summed E-state index contributed by atoms with van der Waals surface area (Å²) in [5.41, 5.74) is 0. The molecule has 1 N–H and O–H groups in total. The lowest BCUT2D eigenvalue weighted by atomic mass is 10.3. The van der Waals surface area contributed by atoms with Crippen LogP contribution < -0.4 is 5.32 Å². The first kappa shape index (κ1) is 13.1. The highest BCUT2D eigenvalue weighted by atomic mass is 16.1. The van der Waals surface area contributed by atoms with Gasteiger partial charge >= 0.3 is 0 Å². The molecule has 0 aromatic heterocycles. The van der Waals surface area contributed by atoms with Crippen LogP contribution in [0.4, 0.5) is 0 Å². The average Bonchev–Trinajstić information content (AvgIpc) is 2.08. The van der Waals surface area contributed by atoms with E-state index in [0.29, 0.717) is 6.42 Å². The molecule has 0 bridgehead atoms. The molecule has 11 heavy (non-hydrogen) atoms. The number of amides is 1. The van der Waals surface area contributed by atoms with Crippen molar-refractivity contribution in [3.8, 4) is 0 Å². The van der Waals surface area contributed by atoms with E-state index >= 15 is 0 Å². The molecule has 0 rings (SSSR count). The van der Waals surface area contributed by atoms with Gasteiger partial charge in [0, 0.05) is 14.4 Å². The van der Waals surface area contributed by atoms with Crippen LogP contribution in [0.1, 0.15) is 48.4 Å². The Morgan fingerprint density at radius 3 is 2.27 bits per heavy atom. The summed E-state index contributed by atoms with van der Waals surface area (Å²) in [5.74, 6) is 0.156. The maximum Gasteiger partial charge on any atom is 0.219 e. The Hall–Kier alpha value is -0.530. The van der Waals surface area contributed by atoms with Crippen LogP contribution in [0, 0.1) is 0 Å². The molecule has 0 unspecified atom stereocenters. The summed E-state index contributed by atoms with van der Waals surface area (Å²) in [6, 6.07) is 0. The van der Waals surface area contributed by atoms with Gasteiger partial charge in [-0.25, -0.2) is 0 Å². The van der Waals surface area contributed by atoms with Crippen molar-refractivity contribution >= 4 is 5.91 Å². The maximum absolute atomic E-state index is 10.6. The zero-order valence-electron chi connectivity index (χ0n) is 8.24. The van der Waals surface area contributed by atoms with E-state index in [9.17, 15) is 4.79 Å². The SMILES string of the molecule is CC.CCCCNC(=O)CC.[HH]. The van der Waals surface area contributed by atoms with Crippen molar-refractivity contribution in [2.75, 3.05) is 6.54 Å². The summed E-state index contributed by atoms with van der Waals surface area (Å²) in [5, 5.41) is 2.79. The number of unbranched alkanes of at least 4 members (excludes halogenated alkanes) is 1. The molecule has 0 atom stereocenters. The molecule has 0 saturated heterocycles. The highest BCUT2D eigenvalue weighted by Crippen LogP contribution is 1.83. The first-order valence-electron chi connectivity index (χ1n) is 4.58. The summed E-state index contributed by atoms with van der Waals surface area (Å²) in [6.45, 7) is 8.81. The predicted octanol–water partition coefficient (Wildman–Crippen LogP) is 2.58. The van der Waals surface area contributed by atoms with Gasteiger partial charge in [-0.05, 0) is 6.42 Å². The molecule has 0 aliphatic carbocycles. The number of carbonyl (C=O) groups is 1. The second-order valence-corrected chi connectivity index (χ2v) is 2.06. The van der Waals surface area contributed by atoms with Crippen LogP contribution in [0.25, 0.3) is 0 Å². The Kier molecular flexibility index (Phi) is 14.5. The van der Waals surface area contributed by atoms with Crippen LogP contribution in [-0.2, 0) is 4.79 Å². The first-order chi connectivity index (χ1) is 5.31. The van der Waals surface area contributed by atoms with E-state index in [4.69, 9.17) is 0 Å². The number of carbonyl (C=O) groups excluding carboxylic acids is 1. The molecule has 0 aliphatic heterocycles. The lowest BCUT2D eigenvalue weighted by Gasteiger charge is -1.99. The topological polar surface area (TPSA) is 29.1 Å². The molecule has 0 heterocycles. The van der Waals surface area contributed by atoms with Crippen LogP contribution in [0.5, 0.6) is 0 Å². The Morgan fingerprint density at radius 1 is 1.36 bits per heavy atom. The zero-order valence-corrected chi connectivity index (χ0v) is 8.24. The minimum atomic E-state index is 0. The van der Waals surface area contributed by atoms with Gasteiger partial charge in [-0.1, -0.05) is 34.1 Å². The third-order valence-corrected chi connectivity index (χ3v) is 1.17. The predicted molar refractivity (Wildman–Crippen MR) is 51.7 cm³/mol. The van der Waals surface area contributed by atoms with Gasteiger partial charge in [0.15, 0.2) is 0 Å². The molecule has 2 heteroatoms. The fraction of sp³-hybridized carbons (Fsp3) is 0.889. The lowest BCUT2D eigenvalue weighted by molar-refractivity contribution is -0.120. The van der Waals surface area contributed by atoms with E-state index < -0.39 is 0 Å². The number of rotatable bonds is 4. The summed E-state index contributed by atoms with van der Waals surface area (Å²) in [6.07, 6.45) is 2.83. The van der Waals surface area contributed by atoms with Gasteiger partial charge in [-0.2, -0.15) is 0 Å². The van der Waals surface area contributed by atoms with Crippen molar-refractivity contribution in [2.45, 2.75) is 47.0 Å². The first-order valence-corrected chi connectivity index (χ1v) is 4.58. The number of nitrogens with one attached hydrogen (secondary N) is 1. The van der Waals surface area contributed by atoms with E-state index in [2.05, 4.69) is 12.2 Å². The van der Waals surface area contributed by atoms with Gasteiger partial charge < -0.3 is 5.32 Å². The molecule has 70 valence electrons. The minimum absolute atomic E-state index is 0. The number of hydrogen-bond acceptors (Lipinski definition) is 1. The highest BCUT2D eigenvalue weighted by Gasteiger charge is 1.91. The summed E-state index contributed by atoms with van der Waals surface area (Å²) in [7, 11) is 0. The second kappa shape index (κ2) is 12.2. The molecule has 0 saturated carbocycles. The number of hydrogen-bond donors (Lipinski definition) is 1. The molecule has 0 radical (unpaired) electrons. The van der Waals surface area contributed by atoms with Crippen LogP contribution in [0.2, 0.25) is 0 Å². The Balaban J connectivity index is -0.000000249. The minimum Gasteiger partial charge on any atom is -0.356 e. The van der Waals surface area contributed by atoms with Crippen molar-refractivity contribution in [3.05, 3.63) is 0 Å². The van der Waals surface area contributed by atoms with Gasteiger partial charge in [0.2, 0.25) is 5.91 Å². The molecule has 2 nitrogen and oxygen atoms in total. The smallest absolute Gasteiger partial charge is 0.219 e. The molecular formula is C9H23NO. The molecule has 0 aromatic rings. The van der Waals surface area contributed by atoms with Gasteiger partial charge in [-0.3, -0.25) is 4.79 Å². The van der Waals surface area contributed by atoms with Crippen LogP contribution in [0.15, 0.2) is 0 Å². The second-order valence-electron chi connectivity index (χ2n) is 2.06. The molecule has 1 amide bonds. The Bertz CT molecular complexity index is 86.6. The molecule has 0 aromatic carbocycles. The van der Waals surface area contributed by atoms with Crippen LogP contribution in [-0.4, -0.2) is 12.5 Å². The Labute approximate surface area is 71.9 Å². The fourth-order valence-electron chi connectivity index (χ4n) is 0.530. The zero-order chi connectivity index (χ0) is 9.11. The van der Waals surface area contributed by atoms with E-state index in [-0.39, 0.29) is 7.33 Å². The molecule has 0 fully saturated rings. The molecule has 0 spiro atoms. The largest absolute Gasteiger partial charge is 0.356 e. The third-order valence-electron chi connectivity index (χ3n) is 1.17. The van der Waals surface area contributed by atoms with Crippen molar-refractivity contribution in [1.29, 1.82) is 0 Å². The molecular weight excluding hydrogens is 138 g/mol. The lowest BCUT2D eigenvalue weighted by Crippen LogP contribution is -2.22. The van der Waals surface area contributed by atoms with Gasteiger partial charge in [0.25, 0.3) is 0 Å². The highest BCUT2D eigenvalue weighted by molar-refractivity contribution is 5.75. The van der Waals surface area contributed by atoms with Crippen molar-refractivity contribution in [1.82, 2.24) is 5.32 Å².